The number of pyridine rings is 1. The molecule has 2 aromatic heterocycles. The summed E-state index contributed by atoms with van der Waals surface area (Å²) < 4.78 is 7.51. The van der Waals surface area contributed by atoms with Crippen LogP contribution >= 0.6 is 0 Å². The standard InChI is InChI=1S/C11H13N3O/c1-8-3-2-4-10-12-13-11(14(8)10)9-5-6-15-7-9/h2-4,9H,5-7H2,1H3. The van der Waals surface area contributed by atoms with E-state index in [0.717, 1.165) is 31.1 Å². The van der Waals surface area contributed by atoms with Crippen LogP contribution in [0.4, 0.5) is 0 Å². The first kappa shape index (κ1) is 8.85. The van der Waals surface area contributed by atoms with E-state index in [1.807, 2.05) is 12.1 Å². The van der Waals surface area contributed by atoms with Crippen LogP contribution in [0.5, 0.6) is 0 Å². The Morgan fingerprint density at radius 2 is 2.33 bits per heavy atom. The first-order valence-electron chi connectivity index (χ1n) is 5.24. The molecule has 0 saturated carbocycles. The van der Waals surface area contributed by atoms with Gasteiger partial charge in [0.1, 0.15) is 5.82 Å². The second-order valence-electron chi connectivity index (χ2n) is 3.98. The molecule has 1 unspecified atom stereocenters. The highest BCUT2D eigenvalue weighted by Gasteiger charge is 2.23. The van der Waals surface area contributed by atoms with Crippen LogP contribution in [0.3, 0.4) is 0 Å². The number of hydrogen-bond acceptors (Lipinski definition) is 3. The molecule has 1 aliphatic rings. The predicted octanol–water partition coefficient (Wildman–Crippen LogP) is 1.54. The Labute approximate surface area is 87.9 Å². The molecule has 1 saturated heterocycles. The first-order valence-corrected chi connectivity index (χ1v) is 5.24. The summed E-state index contributed by atoms with van der Waals surface area (Å²) in [4.78, 5) is 0. The van der Waals surface area contributed by atoms with Crippen molar-refractivity contribution in [2.45, 2.75) is 19.3 Å². The molecule has 3 heterocycles. The average Bonchev–Trinajstić information content (AvgIpc) is 2.85. The summed E-state index contributed by atoms with van der Waals surface area (Å²) in [5.41, 5.74) is 2.11. The molecule has 1 aliphatic heterocycles. The molecule has 4 nitrogen and oxygen atoms in total. The van der Waals surface area contributed by atoms with Crippen LogP contribution in [0.2, 0.25) is 0 Å². The van der Waals surface area contributed by atoms with E-state index < -0.39 is 0 Å². The zero-order valence-corrected chi connectivity index (χ0v) is 8.68. The van der Waals surface area contributed by atoms with Gasteiger partial charge in [-0.1, -0.05) is 6.07 Å². The minimum absolute atomic E-state index is 0.404. The highest BCUT2D eigenvalue weighted by atomic mass is 16.5. The Morgan fingerprint density at radius 3 is 3.13 bits per heavy atom. The molecule has 1 fully saturated rings. The molecule has 0 amide bonds. The molecule has 3 rings (SSSR count). The van der Waals surface area contributed by atoms with Crippen LogP contribution in [-0.4, -0.2) is 27.8 Å². The summed E-state index contributed by atoms with van der Waals surface area (Å²) in [6.07, 6.45) is 1.05. The second-order valence-corrected chi connectivity index (χ2v) is 3.98. The zero-order chi connectivity index (χ0) is 10.3. The van der Waals surface area contributed by atoms with Crippen LogP contribution in [-0.2, 0) is 4.74 Å². The maximum atomic E-state index is 5.39. The van der Waals surface area contributed by atoms with Gasteiger partial charge in [-0.3, -0.25) is 4.40 Å². The van der Waals surface area contributed by atoms with Crippen LogP contribution < -0.4 is 0 Å². The van der Waals surface area contributed by atoms with Gasteiger partial charge in [0.2, 0.25) is 0 Å². The van der Waals surface area contributed by atoms with Gasteiger partial charge >= 0.3 is 0 Å². The number of aromatic nitrogens is 3. The summed E-state index contributed by atoms with van der Waals surface area (Å²) in [5.74, 6) is 1.45. The molecule has 0 aromatic carbocycles. The summed E-state index contributed by atoms with van der Waals surface area (Å²) in [6.45, 7) is 3.69. The van der Waals surface area contributed by atoms with Gasteiger partial charge in [0.05, 0.1) is 6.61 Å². The van der Waals surface area contributed by atoms with E-state index in [2.05, 4.69) is 27.6 Å². The highest BCUT2D eigenvalue weighted by molar-refractivity contribution is 5.40. The van der Waals surface area contributed by atoms with Crippen molar-refractivity contribution >= 4 is 5.65 Å². The van der Waals surface area contributed by atoms with Gasteiger partial charge in [0, 0.05) is 18.2 Å². The molecule has 0 radical (unpaired) electrons. The SMILES string of the molecule is Cc1cccc2nnc(C3CCOC3)n12. The monoisotopic (exact) mass is 203 g/mol. The highest BCUT2D eigenvalue weighted by Crippen LogP contribution is 2.24. The lowest BCUT2D eigenvalue weighted by Crippen LogP contribution is -2.05. The van der Waals surface area contributed by atoms with E-state index in [1.165, 1.54) is 5.69 Å². The topological polar surface area (TPSA) is 39.4 Å². The maximum Gasteiger partial charge on any atom is 0.160 e. The number of fused-ring (bicyclic) bond motifs is 1. The molecule has 4 heteroatoms. The number of rotatable bonds is 1. The lowest BCUT2D eigenvalue weighted by Gasteiger charge is -2.07. The molecule has 0 bridgehead atoms. The van der Waals surface area contributed by atoms with E-state index in [-0.39, 0.29) is 0 Å². The fourth-order valence-electron chi connectivity index (χ4n) is 2.13. The molecule has 2 aromatic rings. The van der Waals surface area contributed by atoms with E-state index in [9.17, 15) is 0 Å². The third-order valence-corrected chi connectivity index (χ3v) is 2.94. The van der Waals surface area contributed by atoms with Gasteiger partial charge < -0.3 is 4.74 Å². The number of nitrogens with zero attached hydrogens (tertiary/aromatic N) is 3. The third-order valence-electron chi connectivity index (χ3n) is 2.94. The summed E-state index contributed by atoms with van der Waals surface area (Å²) in [7, 11) is 0. The Bertz CT molecular complexity index is 486. The molecular formula is C11H13N3O. The van der Waals surface area contributed by atoms with Crippen molar-refractivity contribution in [3.8, 4) is 0 Å². The normalized spacial score (nSPS) is 21.3. The average molecular weight is 203 g/mol. The molecule has 0 aliphatic carbocycles. The maximum absolute atomic E-state index is 5.39. The first-order chi connectivity index (χ1) is 7.36. The number of ether oxygens (including phenoxy) is 1. The van der Waals surface area contributed by atoms with Crippen LogP contribution in [0.1, 0.15) is 23.9 Å². The van der Waals surface area contributed by atoms with Crippen molar-refractivity contribution in [2.75, 3.05) is 13.2 Å². The summed E-state index contributed by atoms with van der Waals surface area (Å²) >= 11 is 0. The van der Waals surface area contributed by atoms with Crippen molar-refractivity contribution in [1.82, 2.24) is 14.6 Å². The molecule has 0 spiro atoms. The molecule has 0 N–H and O–H groups in total. The zero-order valence-electron chi connectivity index (χ0n) is 8.68. The molecule has 78 valence electrons. The summed E-state index contributed by atoms with van der Waals surface area (Å²) in [6, 6.07) is 6.07. The van der Waals surface area contributed by atoms with E-state index in [0.29, 0.717) is 5.92 Å². The van der Waals surface area contributed by atoms with Gasteiger partial charge in [-0.15, -0.1) is 10.2 Å². The van der Waals surface area contributed by atoms with E-state index in [1.54, 1.807) is 0 Å². The Hall–Kier alpha value is -1.42. The van der Waals surface area contributed by atoms with Crippen molar-refractivity contribution in [2.24, 2.45) is 0 Å². The smallest absolute Gasteiger partial charge is 0.160 e. The van der Waals surface area contributed by atoms with Crippen molar-refractivity contribution in [3.63, 3.8) is 0 Å². The van der Waals surface area contributed by atoms with Crippen LogP contribution in [0.15, 0.2) is 18.2 Å². The van der Waals surface area contributed by atoms with Crippen LogP contribution in [0, 0.1) is 6.92 Å². The van der Waals surface area contributed by atoms with Gasteiger partial charge in [-0.05, 0) is 25.5 Å². The molecule has 1 atom stereocenters. The Morgan fingerprint density at radius 1 is 1.40 bits per heavy atom. The Kier molecular flexibility index (Phi) is 1.95. The van der Waals surface area contributed by atoms with Crippen molar-refractivity contribution in [1.29, 1.82) is 0 Å². The fourth-order valence-corrected chi connectivity index (χ4v) is 2.13. The lowest BCUT2D eigenvalue weighted by molar-refractivity contribution is 0.193. The second kappa shape index (κ2) is 3.31. The van der Waals surface area contributed by atoms with E-state index in [4.69, 9.17) is 4.74 Å². The fraction of sp³-hybridized carbons (Fsp3) is 0.455. The number of aryl methyl sites for hydroxylation is 1. The van der Waals surface area contributed by atoms with Crippen molar-refractivity contribution < 1.29 is 4.74 Å². The minimum atomic E-state index is 0.404. The third kappa shape index (κ3) is 1.33. The molecular weight excluding hydrogens is 190 g/mol. The number of hydrogen-bond donors (Lipinski definition) is 0. The largest absolute Gasteiger partial charge is 0.381 e. The Balaban J connectivity index is 2.18. The van der Waals surface area contributed by atoms with Gasteiger partial charge in [0.15, 0.2) is 5.65 Å². The minimum Gasteiger partial charge on any atom is -0.381 e. The van der Waals surface area contributed by atoms with Gasteiger partial charge in [-0.25, -0.2) is 0 Å². The van der Waals surface area contributed by atoms with Crippen LogP contribution in [0.25, 0.3) is 5.65 Å². The summed E-state index contributed by atoms with van der Waals surface area (Å²) in [5, 5.41) is 8.45. The predicted molar refractivity (Wildman–Crippen MR) is 55.9 cm³/mol. The van der Waals surface area contributed by atoms with Gasteiger partial charge in [-0.2, -0.15) is 0 Å². The van der Waals surface area contributed by atoms with E-state index >= 15 is 0 Å². The van der Waals surface area contributed by atoms with Gasteiger partial charge in [0.25, 0.3) is 0 Å². The van der Waals surface area contributed by atoms with Crippen molar-refractivity contribution in [3.05, 3.63) is 29.7 Å². The molecule has 15 heavy (non-hydrogen) atoms. The lowest BCUT2D eigenvalue weighted by atomic mass is 10.1. The quantitative estimate of drug-likeness (QED) is 0.705.